The van der Waals surface area contributed by atoms with Crippen LogP contribution in [0, 0.1) is 10.1 Å². The first-order valence-corrected chi connectivity index (χ1v) is 7.03. The molecule has 0 rings (SSSR count). The molecule has 0 saturated carbocycles. The van der Waals surface area contributed by atoms with Gasteiger partial charge < -0.3 is 20.6 Å². The van der Waals surface area contributed by atoms with E-state index in [-0.39, 0.29) is 17.8 Å². The molecule has 0 bridgehead atoms. The van der Waals surface area contributed by atoms with Crippen LogP contribution in [0.15, 0.2) is 0 Å². The van der Waals surface area contributed by atoms with Gasteiger partial charge >= 0.3 is 0 Å². The molecule has 0 aromatic rings. The van der Waals surface area contributed by atoms with Crippen molar-refractivity contribution in [2.45, 2.75) is 25.2 Å². The second kappa shape index (κ2) is 10.8. The van der Waals surface area contributed by atoms with Gasteiger partial charge in [0.05, 0.1) is 11.4 Å². The number of nitrogens with one attached hydrogen (secondary N) is 2. The van der Waals surface area contributed by atoms with E-state index in [9.17, 15) is 14.9 Å². The van der Waals surface area contributed by atoms with Gasteiger partial charge in [0.2, 0.25) is 5.91 Å². The Morgan fingerprint density at radius 1 is 1.47 bits per heavy atom. The smallest absolute Gasteiger partial charge is 0.294 e. The fourth-order valence-corrected chi connectivity index (χ4v) is 1.90. The Bertz CT molecular complexity index is 278. The van der Waals surface area contributed by atoms with Gasteiger partial charge in [-0.15, -0.1) is 21.9 Å². The molecule has 0 saturated heterocycles. The normalized spacial score (nSPS) is 13.6. The minimum absolute atomic E-state index is 0.0226. The third-order valence-electron chi connectivity index (χ3n) is 2.06. The molecule has 0 aromatic carbocycles. The molecule has 2 atom stereocenters. The molecule has 8 nitrogen and oxygen atoms in total. The summed E-state index contributed by atoms with van der Waals surface area (Å²) in [6.07, 6.45) is -0.410. The maximum absolute atomic E-state index is 11.6. The van der Waals surface area contributed by atoms with Crippen LogP contribution in [0.2, 0.25) is 0 Å². The zero-order valence-corrected chi connectivity index (χ0v) is 11.9. The summed E-state index contributed by atoms with van der Waals surface area (Å²) in [6.45, 7) is 4.93. The summed E-state index contributed by atoms with van der Waals surface area (Å²) in [5.41, 5.74) is 0. The van der Waals surface area contributed by atoms with Crippen LogP contribution in [-0.4, -0.2) is 59.4 Å². The predicted molar refractivity (Wildman–Crippen MR) is 72.4 cm³/mol. The van der Waals surface area contributed by atoms with Crippen molar-refractivity contribution in [3.63, 3.8) is 0 Å². The summed E-state index contributed by atoms with van der Waals surface area (Å²) >= 11 is 1.29. The summed E-state index contributed by atoms with van der Waals surface area (Å²) in [7, 11) is 0. The third kappa shape index (κ3) is 11.7. The van der Waals surface area contributed by atoms with Crippen LogP contribution >= 0.6 is 11.8 Å². The number of amides is 1. The second-order valence-electron chi connectivity index (χ2n) is 3.91. The predicted octanol–water partition coefficient (Wildman–Crippen LogP) is -0.597. The molecule has 19 heavy (non-hydrogen) atoms. The van der Waals surface area contributed by atoms with Gasteiger partial charge in [0, 0.05) is 25.4 Å². The molecule has 0 heterocycles. The average molecular weight is 295 g/mol. The highest BCUT2D eigenvalue weighted by Crippen LogP contribution is 2.09. The van der Waals surface area contributed by atoms with Crippen molar-refractivity contribution >= 4 is 17.7 Å². The number of aliphatic hydroxyl groups excluding tert-OH is 1. The van der Waals surface area contributed by atoms with Gasteiger partial charge in [-0.2, -0.15) is 0 Å². The summed E-state index contributed by atoms with van der Waals surface area (Å²) in [5, 5.41) is 23.5. The first-order chi connectivity index (χ1) is 8.93. The molecule has 1 amide bonds. The van der Waals surface area contributed by atoms with E-state index in [0.717, 1.165) is 0 Å². The zero-order chi connectivity index (χ0) is 14.7. The zero-order valence-electron chi connectivity index (χ0n) is 11.1. The van der Waals surface area contributed by atoms with E-state index in [2.05, 4.69) is 15.5 Å². The highest BCUT2D eigenvalue weighted by Gasteiger charge is 2.12. The minimum Gasteiger partial charge on any atom is -0.392 e. The topological polar surface area (TPSA) is 114 Å². The van der Waals surface area contributed by atoms with Crippen LogP contribution in [0.3, 0.4) is 0 Å². The molecule has 0 aliphatic rings. The summed E-state index contributed by atoms with van der Waals surface area (Å²) in [4.78, 5) is 25.6. The van der Waals surface area contributed by atoms with E-state index in [4.69, 9.17) is 5.11 Å². The van der Waals surface area contributed by atoms with Crippen LogP contribution in [-0.2, 0) is 9.63 Å². The Hall–Kier alpha value is -1.06. The fraction of sp³-hybridized carbons (Fsp3) is 0.900. The molecular formula is C10H21N3O5S. The maximum Gasteiger partial charge on any atom is 0.294 e. The Morgan fingerprint density at radius 3 is 2.74 bits per heavy atom. The van der Waals surface area contributed by atoms with E-state index in [1.54, 1.807) is 13.8 Å². The molecular weight excluding hydrogens is 274 g/mol. The number of rotatable bonds is 11. The molecule has 3 N–H and O–H groups in total. The monoisotopic (exact) mass is 295 g/mol. The van der Waals surface area contributed by atoms with Crippen LogP contribution in [0.5, 0.6) is 0 Å². The first-order valence-electron chi connectivity index (χ1n) is 5.99. The molecule has 0 aliphatic carbocycles. The Labute approximate surface area is 116 Å². The van der Waals surface area contributed by atoms with Crippen molar-refractivity contribution in [1.29, 1.82) is 0 Å². The van der Waals surface area contributed by atoms with E-state index < -0.39 is 11.2 Å². The van der Waals surface area contributed by atoms with Crippen LogP contribution < -0.4 is 10.6 Å². The lowest BCUT2D eigenvalue weighted by molar-refractivity contribution is -0.756. The standard InChI is InChI=1S/C10H21N3O5S/c1-8(14)7-11-3-4-12-10(15)9(2)19-6-5-18-13(16)17/h8-9,11,14H,3-7H2,1-2H3,(H,12,15). The van der Waals surface area contributed by atoms with Gasteiger partial charge in [-0.05, 0) is 13.8 Å². The van der Waals surface area contributed by atoms with Gasteiger partial charge in [-0.1, -0.05) is 0 Å². The third-order valence-corrected chi connectivity index (χ3v) is 3.17. The van der Waals surface area contributed by atoms with E-state index in [0.29, 0.717) is 25.4 Å². The summed E-state index contributed by atoms with van der Waals surface area (Å²) in [6, 6.07) is 0. The van der Waals surface area contributed by atoms with Crippen molar-refractivity contribution in [2.24, 2.45) is 0 Å². The quantitative estimate of drug-likeness (QED) is 0.265. The van der Waals surface area contributed by atoms with Gasteiger partial charge in [0.25, 0.3) is 5.09 Å². The van der Waals surface area contributed by atoms with E-state index in [1.165, 1.54) is 11.8 Å². The Morgan fingerprint density at radius 2 is 2.16 bits per heavy atom. The number of carbonyl (C=O) groups excluding carboxylic acids is 1. The highest BCUT2D eigenvalue weighted by molar-refractivity contribution is 8.00. The largest absolute Gasteiger partial charge is 0.392 e. The summed E-state index contributed by atoms with van der Waals surface area (Å²) in [5.74, 6) is 0.264. The van der Waals surface area contributed by atoms with Crippen LogP contribution in [0.25, 0.3) is 0 Å². The van der Waals surface area contributed by atoms with Crippen LogP contribution in [0.1, 0.15) is 13.8 Å². The number of hydrogen-bond acceptors (Lipinski definition) is 7. The highest BCUT2D eigenvalue weighted by atomic mass is 32.2. The van der Waals surface area contributed by atoms with Crippen molar-refractivity contribution < 1.29 is 19.8 Å². The minimum atomic E-state index is -0.848. The van der Waals surface area contributed by atoms with Crippen molar-refractivity contribution in [3.8, 4) is 0 Å². The molecule has 9 heteroatoms. The number of aliphatic hydroxyl groups is 1. The molecule has 0 aromatic heterocycles. The van der Waals surface area contributed by atoms with Gasteiger partial charge in [0.15, 0.2) is 0 Å². The molecule has 112 valence electrons. The summed E-state index contributed by atoms with van der Waals surface area (Å²) < 4.78 is 0. The fourth-order valence-electron chi connectivity index (χ4n) is 1.14. The van der Waals surface area contributed by atoms with Crippen LogP contribution in [0.4, 0.5) is 0 Å². The maximum atomic E-state index is 11.6. The lowest BCUT2D eigenvalue weighted by Gasteiger charge is -2.12. The SMILES string of the molecule is CC(O)CNCCNC(=O)C(C)SCCO[N+](=O)[O-]. The average Bonchev–Trinajstić information content (AvgIpc) is 2.33. The Balaban J connectivity index is 3.51. The molecule has 2 unspecified atom stereocenters. The van der Waals surface area contributed by atoms with E-state index >= 15 is 0 Å². The molecule has 0 spiro atoms. The van der Waals surface area contributed by atoms with Gasteiger partial charge in [-0.3, -0.25) is 4.79 Å². The number of thioether (sulfide) groups is 1. The molecule has 0 fully saturated rings. The molecule has 0 aliphatic heterocycles. The van der Waals surface area contributed by atoms with Crippen molar-refractivity contribution in [2.75, 3.05) is 32.0 Å². The van der Waals surface area contributed by atoms with Crippen molar-refractivity contribution in [1.82, 2.24) is 10.6 Å². The first kappa shape index (κ1) is 17.9. The number of hydrogen-bond donors (Lipinski definition) is 3. The second-order valence-corrected chi connectivity index (χ2v) is 5.36. The lowest BCUT2D eigenvalue weighted by Crippen LogP contribution is -2.37. The number of carbonyl (C=O) groups is 1. The van der Waals surface area contributed by atoms with Gasteiger partial charge in [-0.25, -0.2) is 0 Å². The number of nitrogens with zero attached hydrogens (tertiary/aromatic N) is 1. The van der Waals surface area contributed by atoms with Gasteiger partial charge in [0.1, 0.15) is 6.61 Å². The van der Waals surface area contributed by atoms with E-state index in [1.807, 2.05) is 0 Å². The van der Waals surface area contributed by atoms with Crippen molar-refractivity contribution in [3.05, 3.63) is 10.1 Å². The molecule has 0 radical (unpaired) electrons. The lowest BCUT2D eigenvalue weighted by atomic mass is 10.4. The Kier molecular flexibility index (Phi) is 10.2.